The van der Waals surface area contributed by atoms with Crippen molar-refractivity contribution < 1.29 is 14.3 Å². The smallest absolute Gasteiger partial charge is 0.246 e. The fraction of sp³-hybridized carbons (Fsp3) is 0.412. The Morgan fingerprint density at radius 2 is 2.27 bits per heavy atom. The van der Waals surface area contributed by atoms with Gasteiger partial charge in [0, 0.05) is 31.3 Å². The van der Waals surface area contributed by atoms with Crippen molar-refractivity contribution in [1.29, 1.82) is 0 Å². The number of hydrogen-bond acceptors (Lipinski definition) is 4. The Labute approximate surface area is 129 Å². The maximum Gasteiger partial charge on any atom is 0.246 e. The lowest BCUT2D eigenvalue weighted by Crippen LogP contribution is -2.43. The third-order valence-corrected chi connectivity index (χ3v) is 4.05. The Kier molecular flexibility index (Phi) is 4.53. The molecule has 0 bridgehead atoms. The van der Waals surface area contributed by atoms with Crippen molar-refractivity contribution in [2.75, 3.05) is 13.2 Å². The van der Waals surface area contributed by atoms with Crippen LogP contribution in [0.2, 0.25) is 0 Å². The van der Waals surface area contributed by atoms with E-state index in [1.807, 2.05) is 29.2 Å². The first-order chi connectivity index (χ1) is 10.8. The van der Waals surface area contributed by atoms with E-state index in [9.17, 15) is 4.79 Å². The van der Waals surface area contributed by atoms with E-state index in [-0.39, 0.29) is 18.6 Å². The third-order valence-electron chi connectivity index (χ3n) is 4.05. The summed E-state index contributed by atoms with van der Waals surface area (Å²) in [7, 11) is 0. The number of aliphatic hydroxyl groups excluding tert-OH is 1. The first kappa shape index (κ1) is 14.8. The molecule has 2 heterocycles. The molecule has 3 rings (SSSR count). The SMILES string of the molecule is O=C(/C=C/c1nc2ccccc2o1)N1CCCCC1CCO. The molecular weight excluding hydrogens is 280 g/mol. The number of nitrogens with zero attached hydrogens (tertiary/aromatic N) is 2. The van der Waals surface area contributed by atoms with Gasteiger partial charge in [-0.2, -0.15) is 0 Å². The maximum atomic E-state index is 12.4. The summed E-state index contributed by atoms with van der Waals surface area (Å²) in [6, 6.07) is 7.65. The minimum absolute atomic E-state index is 0.0413. The molecule has 0 spiro atoms. The van der Waals surface area contributed by atoms with Crippen LogP contribution in [0.5, 0.6) is 0 Å². The van der Waals surface area contributed by atoms with Crippen molar-refractivity contribution in [3.8, 4) is 0 Å². The lowest BCUT2D eigenvalue weighted by Gasteiger charge is -2.34. The van der Waals surface area contributed by atoms with Crippen molar-refractivity contribution >= 4 is 23.1 Å². The molecule has 1 aromatic carbocycles. The van der Waals surface area contributed by atoms with Crippen LogP contribution in [0.15, 0.2) is 34.8 Å². The van der Waals surface area contributed by atoms with Gasteiger partial charge >= 0.3 is 0 Å². The molecule has 1 amide bonds. The normalized spacial score (nSPS) is 19.1. The number of hydrogen-bond donors (Lipinski definition) is 1. The molecule has 1 aromatic heterocycles. The van der Waals surface area contributed by atoms with Crippen LogP contribution in [-0.2, 0) is 4.79 Å². The molecule has 1 aliphatic heterocycles. The molecule has 0 aliphatic carbocycles. The molecule has 1 unspecified atom stereocenters. The number of para-hydroxylation sites is 2. The highest BCUT2D eigenvalue weighted by atomic mass is 16.3. The largest absolute Gasteiger partial charge is 0.437 e. The topological polar surface area (TPSA) is 66.6 Å². The van der Waals surface area contributed by atoms with Gasteiger partial charge in [0.25, 0.3) is 0 Å². The highest BCUT2D eigenvalue weighted by Crippen LogP contribution is 2.20. The van der Waals surface area contributed by atoms with Gasteiger partial charge in [0.2, 0.25) is 11.8 Å². The second-order valence-corrected chi connectivity index (χ2v) is 5.55. The number of likely N-dealkylation sites (tertiary alicyclic amines) is 1. The lowest BCUT2D eigenvalue weighted by molar-refractivity contribution is -0.129. The fourth-order valence-corrected chi connectivity index (χ4v) is 2.94. The maximum absolute atomic E-state index is 12.4. The second kappa shape index (κ2) is 6.75. The van der Waals surface area contributed by atoms with Gasteiger partial charge in [0.15, 0.2) is 5.58 Å². The summed E-state index contributed by atoms with van der Waals surface area (Å²) >= 11 is 0. The molecule has 2 aromatic rings. The van der Waals surface area contributed by atoms with Crippen molar-refractivity contribution in [3.05, 3.63) is 36.2 Å². The van der Waals surface area contributed by atoms with Gasteiger partial charge in [-0.3, -0.25) is 4.79 Å². The summed E-state index contributed by atoms with van der Waals surface area (Å²) in [6.45, 7) is 0.866. The van der Waals surface area contributed by atoms with Crippen LogP contribution in [0.1, 0.15) is 31.6 Å². The average molecular weight is 300 g/mol. The predicted octanol–water partition coefficient (Wildman–Crippen LogP) is 2.60. The van der Waals surface area contributed by atoms with E-state index in [0.717, 1.165) is 31.3 Å². The number of rotatable bonds is 4. The molecule has 1 fully saturated rings. The molecule has 5 nitrogen and oxygen atoms in total. The van der Waals surface area contributed by atoms with E-state index in [1.165, 1.54) is 6.08 Å². The van der Waals surface area contributed by atoms with E-state index in [0.29, 0.717) is 17.9 Å². The molecule has 5 heteroatoms. The number of amides is 1. The zero-order chi connectivity index (χ0) is 15.4. The molecular formula is C17H20N2O3. The summed E-state index contributed by atoms with van der Waals surface area (Å²) < 4.78 is 5.57. The third kappa shape index (κ3) is 3.20. The molecule has 22 heavy (non-hydrogen) atoms. The highest BCUT2D eigenvalue weighted by molar-refractivity contribution is 5.91. The quantitative estimate of drug-likeness (QED) is 0.881. The number of carbonyl (C=O) groups excluding carboxylic acids is 1. The first-order valence-electron chi connectivity index (χ1n) is 7.73. The predicted molar refractivity (Wildman–Crippen MR) is 84.1 cm³/mol. The Bertz CT molecular complexity index is 642. The zero-order valence-corrected chi connectivity index (χ0v) is 12.4. The number of piperidine rings is 1. The number of fused-ring (bicyclic) bond motifs is 1. The fourth-order valence-electron chi connectivity index (χ4n) is 2.94. The minimum Gasteiger partial charge on any atom is -0.437 e. The highest BCUT2D eigenvalue weighted by Gasteiger charge is 2.24. The van der Waals surface area contributed by atoms with Crippen LogP contribution in [0.25, 0.3) is 17.2 Å². The summed E-state index contributed by atoms with van der Waals surface area (Å²) in [5, 5.41) is 9.13. The average Bonchev–Trinajstić information content (AvgIpc) is 2.96. The second-order valence-electron chi connectivity index (χ2n) is 5.55. The van der Waals surface area contributed by atoms with Gasteiger partial charge in [-0.1, -0.05) is 12.1 Å². The summed E-state index contributed by atoms with van der Waals surface area (Å²) in [4.78, 5) is 18.5. The van der Waals surface area contributed by atoms with Crippen LogP contribution < -0.4 is 0 Å². The van der Waals surface area contributed by atoms with Crippen LogP contribution in [0, 0.1) is 0 Å². The Morgan fingerprint density at radius 3 is 3.09 bits per heavy atom. The van der Waals surface area contributed by atoms with Crippen LogP contribution in [0.4, 0.5) is 0 Å². The van der Waals surface area contributed by atoms with Crippen molar-refractivity contribution in [1.82, 2.24) is 9.88 Å². The first-order valence-corrected chi connectivity index (χ1v) is 7.73. The molecule has 0 saturated carbocycles. The zero-order valence-electron chi connectivity index (χ0n) is 12.4. The Hall–Kier alpha value is -2.14. The summed E-state index contributed by atoms with van der Waals surface area (Å²) in [6.07, 6.45) is 6.87. The van der Waals surface area contributed by atoms with Crippen molar-refractivity contribution in [3.63, 3.8) is 0 Å². The van der Waals surface area contributed by atoms with Crippen LogP contribution >= 0.6 is 0 Å². The molecule has 116 valence electrons. The van der Waals surface area contributed by atoms with E-state index in [1.54, 1.807) is 6.08 Å². The van der Waals surface area contributed by atoms with Gasteiger partial charge < -0.3 is 14.4 Å². The summed E-state index contributed by atoms with van der Waals surface area (Å²) in [5.41, 5.74) is 1.50. The van der Waals surface area contributed by atoms with Gasteiger partial charge in [0.1, 0.15) is 5.52 Å². The van der Waals surface area contributed by atoms with E-state index < -0.39 is 0 Å². The number of aliphatic hydroxyl groups is 1. The molecule has 1 N–H and O–H groups in total. The van der Waals surface area contributed by atoms with Gasteiger partial charge in [-0.05, 0) is 37.8 Å². The van der Waals surface area contributed by atoms with Crippen LogP contribution in [0.3, 0.4) is 0 Å². The molecule has 0 radical (unpaired) electrons. The van der Waals surface area contributed by atoms with E-state index in [2.05, 4.69) is 4.98 Å². The summed E-state index contributed by atoms with van der Waals surface area (Å²) in [5.74, 6) is 0.394. The monoisotopic (exact) mass is 300 g/mol. The van der Waals surface area contributed by atoms with Crippen LogP contribution in [-0.4, -0.2) is 40.1 Å². The molecule has 1 aliphatic rings. The Balaban J connectivity index is 1.71. The lowest BCUT2D eigenvalue weighted by atomic mass is 9.99. The Morgan fingerprint density at radius 1 is 1.41 bits per heavy atom. The van der Waals surface area contributed by atoms with E-state index in [4.69, 9.17) is 9.52 Å². The number of benzene rings is 1. The number of oxazole rings is 1. The molecule has 1 atom stereocenters. The van der Waals surface area contributed by atoms with Crippen molar-refractivity contribution in [2.45, 2.75) is 31.7 Å². The standard InChI is InChI=1S/C17H20N2O3/c20-12-10-13-5-3-4-11-19(13)17(21)9-8-16-18-14-6-1-2-7-15(14)22-16/h1-2,6-9,13,20H,3-5,10-12H2/b9-8+. The van der Waals surface area contributed by atoms with Gasteiger partial charge in [0.05, 0.1) is 0 Å². The van der Waals surface area contributed by atoms with Gasteiger partial charge in [-0.25, -0.2) is 4.98 Å². The van der Waals surface area contributed by atoms with E-state index >= 15 is 0 Å². The number of carbonyl (C=O) groups is 1. The minimum atomic E-state index is -0.0413. The van der Waals surface area contributed by atoms with Gasteiger partial charge in [-0.15, -0.1) is 0 Å². The number of aromatic nitrogens is 1. The van der Waals surface area contributed by atoms with Crippen molar-refractivity contribution in [2.24, 2.45) is 0 Å². The molecule has 1 saturated heterocycles.